The van der Waals surface area contributed by atoms with E-state index in [4.69, 9.17) is 5.11 Å². The van der Waals surface area contributed by atoms with E-state index in [0.717, 1.165) is 32.4 Å². The van der Waals surface area contributed by atoms with Crippen molar-refractivity contribution in [1.29, 1.82) is 0 Å². The minimum Gasteiger partial charge on any atom is -0.393 e. The van der Waals surface area contributed by atoms with Crippen LogP contribution < -0.4 is 5.32 Å². The highest BCUT2D eigenvalue weighted by atomic mass is 16.3. The zero-order valence-corrected chi connectivity index (χ0v) is 9.19. The van der Waals surface area contributed by atoms with E-state index < -0.39 is 0 Å². The number of aliphatic hydroxyl groups excluding tert-OH is 1. The molecule has 0 saturated heterocycles. The van der Waals surface area contributed by atoms with Crippen LogP contribution in [0, 0.1) is 0 Å². The highest BCUT2D eigenvalue weighted by Crippen LogP contribution is 2.19. The van der Waals surface area contributed by atoms with Crippen LogP contribution in [0.5, 0.6) is 0 Å². The Balaban J connectivity index is 1.73. The van der Waals surface area contributed by atoms with Gasteiger partial charge in [0.1, 0.15) is 0 Å². The molecule has 0 aliphatic heterocycles. The van der Waals surface area contributed by atoms with Crippen LogP contribution in [0.1, 0.15) is 31.7 Å². The second-order valence-corrected chi connectivity index (χ2v) is 4.31. The average Bonchev–Trinajstić information content (AvgIpc) is 2.59. The van der Waals surface area contributed by atoms with Crippen molar-refractivity contribution in [1.82, 2.24) is 15.1 Å². The van der Waals surface area contributed by atoms with Gasteiger partial charge < -0.3 is 10.4 Å². The van der Waals surface area contributed by atoms with E-state index in [0.29, 0.717) is 6.04 Å². The average molecular weight is 209 g/mol. The fraction of sp³-hybridized carbons (Fsp3) is 0.727. The van der Waals surface area contributed by atoms with Gasteiger partial charge >= 0.3 is 0 Å². The normalized spacial score (nSPS) is 25.2. The molecule has 0 amide bonds. The molecule has 1 aromatic heterocycles. The van der Waals surface area contributed by atoms with E-state index >= 15 is 0 Å². The summed E-state index contributed by atoms with van der Waals surface area (Å²) in [7, 11) is 0. The van der Waals surface area contributed by atoms with Gasteiger partial charge in [0.2, 0.25) is 0 Å². The number of hydrogen-bond donors (Lipinski definition) is 2. The fourth-order valence-electron chi connectivity index (χ4n) is 1.87. The Morgan fingerprint density at radius 1 is 1.60 bits per heavy atom. The lowest BCUT2D eigenvalue weighted by Crippen LogP contribution is -2.43. The summed E-state index contributed by atoms with van der Waals surface area (Å²) < 4.78 is 1.98. The summed E-state index contributed by atoms with van der Waals surface area (Å²) in [6, 6.07) is 0.495. The predicted octanol–water partition coefficient (Wildman–Crippen LogP) is 0.906. The van der Waals surface area contributed by atoms with E-state index in [-0.39, 0.29) is 6.10 Å². The zero-order valence-electron chi connectivity index (χ0n) is 9.19. The van der Waals surface area contributed by atoms with Gasteiger partial charge in [-0.25, -0.2) is 0 Å². The molecule has 0 unspecified atom stereocenters. The lowest BCUT2D eigenvalue weighted by atomic mass is 9.89. The van der Waals surface area contributed by atoms with Crippen molar-refractivity contribution in [3.05, 3.63) is 18.0 Å². The van der Waals surface area contributed by atoms with E-state index in [1.165, 1.54) is 5.56 Å². The van der Waals surface area contributed by atoms with Crippen LogP contribution in [0.3, 0.4) is 0 Å². The number of aromatic nitrogens is 2. The molecule has 1 aliphatic rings. The van der Waals surface area contributed by atoms with Crippen LogP contribution in [0.4, 0.5) is 0 Å². The molecule has 0 spiro atoms. The first-order chi connectivity index (χ1) is 7.28. The van der Waals surface area contributed by atoms with Gasteiger partial charge in [0, 0.05) is 30.9 Å². The lowest BCUT2D eigenvalue weighted by Gasteiger charge is -2.32. The number of nitrogens with one attached hydrogen (secondary N) is 1. The molecule has 4 nitrogen and oxygen atoms in total. The van der Waals surface area contributed by atoms with Crippen molar-refractivity contribution in [2.75, 3.05) is 0 Å². The number of nitrogens with zero attached hydrogens (tertiary/aromatic N) is 2. The number of aryl methyl sites for hydroxylation is 1. The summed E-state index contributed by atoms with van der Waals surface area (Å²) >= 11 is 0. The molecule has 0 radical (unpaired) electrons. The Morgan fingerprint density at radius 3 is 3.07 bits per heavy atom. The van der Waals surface area contributed by atoms with E-state index in [9.17, 15) is 0 Å². The highest BCUT2D eigenvalue weighted by molar-refractivity contribution is 5.04. The minimum absolute atomic E-state index is 0.0784. The van der Waals surface area contributed by atoms with Gasteiger partial charge in [-0.2, -0.15) is 5.10 Å². The molecule has 2 N–H and O–H groups in total. The van der Waals surface area contributed by atoms with Crippen molar-refractivity contribution in [2.24, 2.45) is 0 Å². The van der Waals surface area contributed by atoms with Gasteiger partial charge in [-0.1, -0.05) is 6.92 Å². The summed E-state index contributed by atoms with van der Waals surface area (Å²) in [5, 5.41) is 16.8. The molecule has 1 aromatic rings. The van der Waals surface area contributed by atoms with Crippen molar-refractivity contribution in [2.45, 2.75) is 51.4 Å². The second kappa shape index (κ2) is 4.77. The number of rotatable bonds is 5. The zero-order chi connectivity index (χ0) is 10.7. The first kappa shape index (κ1) is 10.6. The molecule has 1 saturated carbocycles. The first-order valence-corrected chi connectivity index (χ1v) is 5.70. The van der Waals surface area contributed by atoms with Crippen molar-refractivity contribution in [3.63, 3.8) is 0 Å². The molecule has 1 heterocycles. The molecule has 0 atom stereocenters. The van der Waals surface area contributed by atoms with Crippen LogP contribution in [-0.4, -0.2) is 27.0 Å². The molecule has 15 heavy (non-hydrogen) atoms. The molecule has 2 rings (SSSR count). The molecule has 0 bridgehead atoms. The van der Waals surface area contributed by atoms with Gasteiger partial charge in [0.15, 0.2) is 0 Å². The molecular weight excluding hydrogens is 190 g/mol. The largest absolute Gasteiger partial charge is 0.393 e. The standard InChI is InChI=1S/C11H19N3O/c1-2-3-14-8-9(7-13-14)6-12-10-4-11(15)5-10/h7-8,10-12,15H,2-6H2,1H3. The van der Waals surface area contributed by atoms with Crippen molar-refractivity contribution in [3.8, 4) is 0 Å². The summed E-state index contributed by atoms with van der Waals surface area (Å²) in [5.74, 6) is 0. The Bertz CT molecular complexity index is 305. The highest BCUT2D eigenvalue weighted by Gasteiger charge is 2.26. The molecular formula is C11H19N3O. The maximum absolute atomic E-state index is 9.13. The predicted molar refractivity (Wildman–Crippen MR) is 58.4 cm³/mol. The maximum atomic E-state index is 9.13. The van der Waals surface area contributed by atoms with Gasteiger partial charge in [0.05, 0.1) is 12.3 Å². The Morgan fingerprint density at radius 2 is 2.40 bits per heavy atom. The number of aliphatic hydroxyl groups is 1. The molecule has 1 fully saturated rings. The quantitative estimate of drug-likeness (QED) is 0.757. The maximum Gasteiger partial charge on any atom is 0.0570 e. The van der Waals surface area contributed by atoms with E-state index in [1.807, 2.05) is 10.9 Å². The summed E-state index contributed by atoms with van der Waals surface area (Å²) in [6.45, 7) is 4.00. The third-order valence-electron chi connectivity index (χ3n) is 2.85. The molecule has 4 heteroatoms. The lowest BCUT2D eigenvalue weighted by molar-refractivity contribution is 0.0619. The fourth-order valence-corrected chi connectivity index (χ4v) is 1.87. The third-order valence-corrected chi connectivity index (χ3v) is 2.85. The molecule has 0 aromatic carbocycles. The van der Waals surface area contributed by atoms with Gasteiger partial charge in [-0.3, -0.25) is 4.68 Å². The smallest absolute Gasteiger partial charge is 0.0570 e. The minimum atomic E-state index is -0.0784. The van der Waals surface area contributed by atoms with Gasteiger partial charge in [-0.15, -0.1) is 0 Å². The van der Waals surface area contributed by atoms with Gasteiger partial charge in [-0.05, 0) is 19.3 Å². The molecule has 1 aliphatic carbocycles. The summed E-state index contributed by atoms with van der Waals surface area (Å²) in [4.78, 5) is 0. The van der Waals surface area contributed by atoms with Crippen LogP contribution in [-0.2, 0) is 13.1 Å². The van der Waals surface area contributed by atoms with Crippen LogP contribution in [0.2, 0.25) is 0 Å². The summed E-state index contributed by atoms with van der Waals surface area (Å²) in [6.07, 6.45) is 6.82. The van der Waals surface area contributed by atoms with Crippen molar-refractivity contribution < 1.29 is 5.11 Å². The Labute approximate surface area is 90.3 Å². The topological polar surface area (TPSA) is 50.1 Å². The number of hydrogen-bond acceptors (Lipinski definition) is 3. The van der Waals surface area contributed by atoms with Crippen molar-refractivity contribution >= 4 is 0 Å². The Hall–Kier alpha value is -0.870. The van der Waals surface area contributed by atoms with Crippen LogP contribution >= 0.6 is 0 Å². The summed E-state index contributed by atoms with van der Waals surface area (Å²) in [5.41, 5.74) is 1.23. The third kappa shape index (κ3) is 2.79. The monoisotopic (exact) mass is 209 g/mol. The van der Waals surface area contributed by atoms with Crippen LogP contribution in [0.15, 0.2) is 12.4 Å². The second-order valence-electron chi connectivity index (χ2n) is 4.31. The first-order valence-electron chi connectivity index (χ1n) is 5.70. The molecule has 84 valence electrons. The van der Waals surface area contributed by atoms with E-state index in [2.05, 4.69) is 23.5 Å². The SMILES string of the molecule is CCCn1cc(CNC2CC(O)C2)cn1. The van der Waals surface area contributed by atoms with Crippen LogP contribution in [0.25, 0.3) is 0 Å². The van der Waals surface area contributed by atoms with Gasteiger partial charge in [0.25, 0.3) is 0 Å². The van der Waals surface area contributed by atoms with E-state index in [1.54, 1.807) is 0 Å². The Kier molecular flexibility index (Phi) is 3.38.